The lowest BCUT2D eigenvalue weighted by atomic mass is 10.4. The fraction of sp³-hybridized carbons (Fsp3) is 0.333. The van der Waals surface area contributed by atoms with E-state index in [9.17, 15) is 0 Å². The smallest absolute Gasteiger partial charge is 0.199 e. The topological polar surface area (TPSA) is 68.0 Å². The molecular formula is C9H10N6. The molecule has 2 aromatic rings. The van der Waals surface area contributed by atoms with E-state index in [1.807, 2.05) is 6.92 Å². The van der Waals surface area contributed by atoms with E-state index in [1.165, 1.54) is 0 Å². The molecule has 0 saturated carbocycles. The average Bonchev–Trinajstić information content (AvgIpc) is 2.73. The molecule has 1 N–H and O–H groups in total. The Morgan fingerprint density at radius 1 is 1.47 bits per heavy atom. The highest BCUT2D eigenvalue weighted by molar-refractivity contribution is 5.43. The molecule has 6 heteroatoms. The fourth-order valence-electron chi connectivity index (χ4n) is 1.17. The molecule has 76 valence electrons. The van der Waals surface area contributed by atoms with Gasteiger partial charge in [0.05, 0.1) is 12.4 Å². The summed E-state index contributed by atoms with van der Waals surface area (Å²) in [4.78, 5) is 4.02. The molecule has 0 saturated heterocycles. The highest BCUT2D eigenvalue weighted by atomic mass is 15.5. The highest BCUT2D eigenvalue weighted by Gasteiger charge is 2.01. The van der Waals surface area contributed by atoms with Crippen molar-refractivity contribution in [1.82, 2.24) is 25.0 Å². The Bertz CT molecular complexity index is 506. The number of anilines is 1. The molecule has 0 aliphatic rings. The standard InChI is InChI=1S/C9H10N6/c1-2-3-4-5-11-8-6-10-7-9-12-13-14-15(8)9/h6-7,11H,4-5H2,1H3. The molecule has 0 atom stereocenters. The van der Waals surface area contributed by atoms with E-state index in [2.05, 4.69) is 37.7 Å². The summed E-state index contributed by atoms with van der Waals surface area (Å²) in [5.74, 6) is 6.57. The Balaban J connectivity index is 2.12. The fourth-order valence-corrected chi connectivity index (χ4v) is 1.17. The van der Waals surface area contributed by atoms with Crippen molar-refractivity contribution >= 4 is 11.5 Å². The van der Waals surface area contributed by atoms with Gasteiger partial charge in [-0.15, -0.1) is 16.9 Å². The molecule has 0 amide bonds. The number of tetrazole rings is 1. The summed E-state index contributed by atoms with van der Waals surface area (Å²) in [5.41, 5.74) is 0.626. The summed E-state index contributed by atoms with van der Waals surface area (Å²) in [5, 5.41) is 14.4. The second-order valence-corrected chi connectivity index (χ2v) is 2.84. The summed E-state index contributed by atoms with van der Waals surface area (Å²) < 4.78 is 1.60. The minimum atomic E-state index is 0.626. The SMILES string of the molecule is CC#CCCNc1cncc2nnnn12. The molecule has 0 bridgehead atoms. The Kier molecular flexibility index (Phi) is 2.74. The Morgan fingerprint density at radius 3 is 3.27 bits per heavy atom. The first kappa shape index (κ1) is 9.40. The van der Waals surface area contributed by atoms with E-state index >= 15 is 0 Å². The minimum Gasteiger partial charge on any atom is -0.368 e. The quantitative estimate of drug-likeness (QED) is 0.574. The van der Waals surface area contributed by atoms with Gasteiger partial charge < -0.3 is 5.32 Å². The van der Waals surface area contributed by atoms with Crippen molar-refractivity contribution in [2.24, 2.45) is 0 Å². The molecule has 0 aromatic carbocycles. The Labute approximate surface area is 86.7 Å². The third-order valence-electron chi connectivity index (χ3n) is 1.84. The van der Waals surface area contributed by atoms with Crippen LogP contribution < -0.4 is 5.32 Å². The van der Waals surface area contributed by atoms with Crippen LogP contribution in [0, 0.1) is 11.8 Å². The monoisotopic (exact) mass is 202 g/mol. The normalized spacial score (nSPS) is 9.67. The van der Waals surface area contributed by atoms with Gasteiger partial charge in [0.15, 0.2) is 5.65 Å². The predicted octanol–water partition coefficient (Wildman–Crippen LogP) is 0.345. The van der Waals surface area contributed by atoms with E-state index in [1.54, 1.807) is 16.9 Å². The highest BCUT2D eigenvalue weighted by Crippen LogP contribution is 2.04. The molecule has 6 nitrogen and oxygen atoms in total. The van der Waals surface area contributed by atoms with Crippen molar-refractivity contribution in [3.05, 3.63) is 12.4 Å². The predicted molar refractivity (Wildman–Crippen MR) is 55.1 cm³/mol. The van der Waals surface area contributed by atoms with Crippen molar-refractivity contribution in [3.8, 4) is 11.8 Å². The Morgan fingerprint density at radius 2 is 2.40 bits per heavy atom. The maximum atomic E-state index is 4.02. The number of hydrogen-bond donors (Lipinski definition) is 1. The van der Waals surface area contributed by atoms with E-state index in [0.717, 1.165) is 18.8 Å². The second kappa shape index (κ2) is 4.37. The van der Waals surface area contributed by atoms with Gasteiger partial charge in [-0.1, -0.05) is 0 Å². The lowest BCUT2D eigenvalue weighted by Gasteiger charge is -2.03. The minimum absolute atomic E-state index is 0.626. The number of nitrogens with one attached hydrogen (secondary N) is 1. The van der Waals surface area contributed by atoms with Gasteiger partial charge in [-0.3, -0.25) is 4.98 Å². The second-order valence-electron chi connectivity index (χ2n) is 2.84. The number of rotatable bonds is 3. The van der Waals surface area contributed by atoms with Gasteiger partial charge in [-0.25, -0.2) is 0 Å². The summed E-state index contributed by atoms with van der Waals surface area (Å²) in [6.45, 7) is 2.57. The van der Waals surface area contributed by atoms with Crippen LogP contribution in [0.5, 0.6) is 0 Å². The first-order valence-electron chi connectivity index (χ1n) is 4.57. The van der Waals surface area contributed by atoms with Gasteiger partial charge in [0.2, 0.25) is 0 Å². The van der Waals surface area contributed by atoms with Crippen LogP contribution in [-0.4, -0.2) is 31.6 Å². The van der Waals surface area contributed by atoms with E-state index < -0.39 is 0 Å². The van der Waals surface area contributed by atoms with Gasteiger partial charge >= 0.3 is 0 Å². The zero-order chi connectivity index (χ0) is 10.5. The molecule has 0 fully saturated rings. The van der Waals surface area contributed by atoms with Gasteiger partial charge in [-0.05, 0) is 17.4 Å². The van der Waals surface area contributed by atoms with Crippen LogP contribution in [0.3, 0.4) is 0 Å². The van der Waals surface area contributed by atoms with E-state index in [4.69, 9.17) is 0 Å². The maximum Gasteiger partial charge on any atom is 0.199 e. The van der Waals surface area contributed by atoms with Gasteiger partial charge in [0, 0.05) is 13.0 Å². The van der Waals surface area contributed by atoms with Crippen molar-refractivity contribution in [2.45, 2.75) is 13.3 Å². The third-order valence-corrected chi connectivity index (χ3v) is 1.84. The van der Waals surface area contributed by atoms with Crippen LogP contribution in [0.2, 0.25) is 0 Å². The number of hydrogen-bond acceptors (Lipinski definition) is 5. The molecule has 0 unspecified atom stereocenters. The molecule has 0 aliphatic carbocycles. The van der Waals surface area contributed by atoms with E-state index in [0.29, 0.717) is 5.65 Å². The first-order valence-corrected chi connectivity index (χ1v) is 4.57. The zero-order valence-corrected chi connectivity index (χ0v) is 8.30. The molecule has 0 spiro atoms. The first-order chi connectivity index (χ1) is 7.42. The molecule has 2 heterocycles. The van der Waals surface area contributed by atoms with E-state index in [-0.39, 0.29) is 0 Å². The third kappa shape index (κ3) is 2.02. The van der Waals surface area contributed by atoms with Gasteiger partial charge in [-0.2, -0.15) is 4.52 Å². The lowest BCUT2D eigenvalue weighted by Crippen LogP contribution is -2.06. The van der Waals surface area contributed by atoms with Crippen LogP contribution in [0.15, 0.2) is 12.4 Å². The molecular weight excluding hydrogens is 192 g/mol. The maximum absolute atomic E-state index is 4.02. The van der Waals surface area contributed by atoms with Crippen LogP contribution >= 0.6 is 0 Å². The lowest BCUT2D eigenvalue weighted by molar-refractivity contribution is 0.819. The molecule has 2 aromatic heterocycles. The summed E-state index contributed by atoms with van der Waals surface area (Å²) in [7, 11) is 0. The number of aromatic nitrogens is 5. The summed E-state index contributed by atoms with van der Waals surface area (Å²) in [6, 6.07) is 0. The average molecular weight is 202 g/mol. The summed E-state index contributed by atoms with van der Waals surface area (Å²) >= 11 is 0. The van der Waals surface area contributed by atoms with Crippen molar-refractivity contribution in [2.75, 3.05) is 11.9 Å². The molecule has 0 aliphatic heterocycles. The van der Waals surface area contributed by atoms with Crippen LogP contribution in [0.1, 0.15) is 13.3 Å². The molecule has 0 radical (unpaired) electrons. The van der Waals surface area contributed by atoms with Crippen LogP contribution in [-0.2, 0) is 0 Å². The summed E-state index contributed by atoms with van der Waals surface area (Å²) in [6.07, 6.45) is 4.08. The van der Waals surface area contributed by atoms with Crippen molar-refractivity contribution < 1.29 is 0 Å². The van der Waals surface area contributed by atoms with Gasteiger partial charge in [0.1, 0.15) is 5.82 Å². The largest absolute Gasteiger partial charge is 0.368 e. The van der Waals surface area contributed by atoms with Crippen molar-refractivity contribution in [1.29, 1.82) is 0 Å². The van der Waals surface area contributed by atoms with Crippen LogP contribution in [0.25, 0.3) is 5.65 Å². The van der Waals surface area contributed by atoms with Crippen LogP contribution in [0.4, 0.5) is 5.82 Å². The number of nitrogens with zero attached hydrogens (tertiary/aromatic N) is 5. The van der Waals surface area contributed by atoms with Gasteiger partial charge in [0.25, 0.3) is 0 Å². The van der Waals surface area contributed by atoms with Crippen molar-refractivity contribution in [3.63, 3.8) is 0 Å². The zero-order valence-electron chi connectivity index (χ0n) is 8.30. The number of fused-ring (bicyclic) bond motifs is 1. The molecule has 2 rings (SSSR count). The Hall–Kier alpha value is -2.16. The molecule has 15 heavy (non-hydrogen) atoms.